The number of carboxylic acid groups (broad SMARTS) is 1. The van der Waals surface area contributed by atoms with Gasteiger partial charge in [0, 0.05) is 23.2 Å². The van der Waals surface area contributed by atoms with Gasteiger partial charge in [-0.05, 0) is 17.7 Å². The van der Waals surface area contributed by atoms with E-state index in [9.17, 15) is 9.59 Å². The molecular weight excluding hydrogens is 274 g/mol. The first-order chi connectivity index (χ1) is 7.58. The predicted molar refractivity (Wildman–Crippen MR) is 62.8 cm³/mol. The molecule has 0 radical (unpaired) electrons. The average Bonchev–Trinajstić information content (AvgIpc) is 2.25. The van der Waals surface area contributed by atoms with Crippen molar-refractivity contribution >= 4 is 27.8 Å². The number of aliphatic carboxylic acids is 1. The summed E-state index contributed by atoms with van der Waals surface area (Å²) in [7, 11) is 0. The van der Waals surface area contributed by atoms with Gasteiger partial charge in [-0.25, -0.2) is 4.79 Å². The van der Waals surface area contributed by atoms with E-state index >= 15 is 0 Å². The summed E-state index contributed by atoms with van der Waals surface area (Å²) in [6.07, 6.45) is 1.79. The van der Waals surface area contributed by atoms with Crippen LogP contribution in [0.5, 0.6) is 0 Å². The molecule has 0 aliphatic rings. The van der Waals surface area contributed by atoms with Crippen LogP contribution in [0.3, 0.4) is 0 Å². The molecule has 0 aromatic heterocycles. The number of carbonyl (C=O) groups excluding carboxylic acids is 1. The largest absolute Gasteiger partial charge is 0.478 e. The monoisotopic (exact) mass is 283 g/mol. The summed E-state index contributed by atoms with van der Waals surface area (Å²) in [5, 5.41) is 10.9. The second kappa shape index (κ2) is 6.07. The fourth-order valence-electron chi connectivity index (χ4n) is 0.997. The normalized spacial score (nSPS) is 10.3. The topological polar surface area (TPSA) is 66.4 Å². The van der Waals surface area contributed by atoms with Crippen molar-refractivity contribution in [3.63, 3.8) is 0 Å². The Bertz CT molecular complexity index is 412. The number of hydrogen-bond acceptors (Lipinski definition) is 2. The van der Waals surface area contributed by atoms with Gasteiger partial charge in [0.2, 0.25) is 5.91 Å². The predicted octanol–water partition coefficient (Wildman–Crippen LogP) is 1.71. The molecule has 0 aliphatic heterocycles. The number of carboxylic acids is 1. The van der Waals surface area contributed by atoms with Crippen LogP contribution in [0.4, 0.5) is 0 Å². The Balaban J connectivity index is 2.43. The van der Waals surface area contributed by atoms with Crippen LogP contribution < -0.4 is 5.32 Å². The number of hydrogen-bond donors (Lipinski definition) is 2. The zero-order valence-electron chi connectivity index (χ0n) is 8.31. The summed E-state index contributed by atoms with van der Waals surface area (Å²) < 4.78 is 0.966. The summed E-state index contributed by atoms with van der Waals surface area (Å²) in [5.41, 5.74) is 0.945. The second-order valence-electron chi connectivity index (χ2n) is 3.02. The van der Waals surface area contributed by atoms with E-state index in [-0.39, 0.29) is 0 Å². The van der Waals surface area contributed by atoms with Gasteiger partial charge in [0.05, 0.1) is 0 Å². The summed E-state index contributed by atoms with van der Waals surface area (Å²) >= 11 is 3.30. The van der Waals surface area contributed by atoms with Crippen LogP contribution in [0, 0.1) is 0 Å². The molecule has 0 atom stereocenters. The van der Waals surface area contributed by atoms with E-state index in [0.29, 0.717) is 6.54 Å². The van der Waals surface area contributed by atoms with E-state index < -0.39 is 11.9 Å². The highest BCUT2D eigenvalue weighted by atomic mass is 79.9. The lowest BCUT2D eigenvalue weighted by atomic mass is 10.2. The number of carbonyl (C=O) groups is 2. The number of benzene rings is 1. The lowest BCUT2D eigenvalue weighted by molar-refractivity contribution is -0.131. The van der Waals surface area contributed by atoms with Crippen molar-refractivity contribution in [2.45, 2.75) is 6.54 Å². The molecule has 1 aromatic carbocycles. The van der Waals surface area contributed by atoms with E-state index in [4.69, 9.17) is 5.11 Å². The number of rotatable bonds is 4. The molecule has 0 heterocycles. The Hall–Kier alpha value is -1.62. The van der Waals surface area contributed by atoms with Crippen molar-refractivity contribution in [1.82, 2.24) is 5.32 Å². The van der Waals surface area contributed by atoms with Crippen LogP contribution in [0.1, 0.15) is 5.56 Å². The van der Waals surface area contributed by atoms with Gasteiger partial charge in [0.1, 0.15) is 0 Å². The minimum Gasteiger partial charge on any atom is -0.478 e. The maximum absolute atomic E-state index is 11.1. The Morgan fingerprint density at radius 2 is 1.88 bits per heavy atom. The van der Waals surface area contributed by atoms with Crippen molar-refractivity contribution in [2.24, 2.45) is 0 Å². The average molecular weight is 284 g/mol. The van der Waals surface area contributed by atoms with Gasteiger partial charge in [0.25, 0.3) is 0 Å². The second-order valence-corrected chi connectivity index (χ2v) is 3.93. The maximum Gasteiger partial charge on any atom is 0.328 e. The van der Waals surface area contributed by atoms with Gasteiger partial charge < -0.3 is 10.4 Å². The Morgan fingerprint density at radius 3 is 2.44 bits per heavy atom. The van der Waals surface area contributed by atoms with Crippen molar-refractivity contribution in [3.8, 4) is 0 Å². The van der Waals surface area contributed by atoms with Gasteiger partial charge >= 0.3 is 5.97 Å². The quantitative estimate of drug-likeness (QED) is 0.827. The first-order valence-corrected chi connectivity index (χ1v) is 5.30. The molecule has 0 bridgehead atoms. The fraction of sp³-hybridized carbons (Fsp3) is 0.0909. The van der Waals surface area contributed by atoms with Crippen LogP contribution in [0.2, 0.25) is 0 Å². The Morgan fingerprint density at radius 1 is 1.25 bits per heavy atom. The van der Waals surface area contributed by atoms with E-state index in [1.807, 2.05) is 24.3 Å². The highest BCUT2D eigenvalue weighted by Crippen LogP contribution is 2.10. The molecule has 0 spiro atoms. The molecule has 84 valence electrons. The molecule has 0 unspecified atom stereocenters. The summed E-state index contributed by atoms with van der Waals surface area (Å²) in [5.74, 6) is -1.57. The number of nitrogens with one attached hydrogen (secondary N) is 1. The SMILES string of the molecule is O=C(O)/C=C/C(=O)NCc1ccc(Br)cc1. The van der Waals surface area contributed by atoms with Crippen molar-refractivity contribution in [1.29, 1.82) is 0 Å². The first kappa shape index (κ1) is 12.4. The van der Waals surface area contributed by atoms with E-state index in [1.54, 1.807) is 0 Å². The molecular formula is C11H10BrNO3. The molecule has 0 aliphatic carbocycles. The molecule has 0 fully saturated rings. The third-order valence-corrected chi connectivity index (χ3v) is 2.29. The van der Waals surface area contributed by atoms with Crippen molar-refractivity contribution in [3.05, 3.63) is 46.5 Å². The molecule has 16 heavy (non-hydrogen) atoms. The fourth-order valence-corrected chi connectivity index (χ4v) is 1.26. The lowest BCUT2D eigenvalue weighted by Gasteiger charge is -2.02. The van der Waals surface area contributed by atoms with Crippen molar-refractivity contribution in [2.75, 3.05) is 0 Å². The zero-order valence-corrected chi connectivity index (χ0v) is 9.90. The highest BCUT2D eigenvalue weighted by molar-refractivity contribution is 9.10. The van der Waals surface area contributed by atoms with E-state index in [2.05, 4.69) is 21.2 Å². The molecule has 0 saturated carbocycles. The smallest absolute Gasteiger partial charge is 0.328 e. The van der Waals surface area contributed by atoms with Crippen LogP contribution in [-0.4, -0.2) is 17.0 Å². The maximum atomic E-state index is 11.1. The minimum absolute atomic E-state index is 0.371. The first-order valence-electron chi connectivity index (χ1n) is 4.51. The van der Waals surface area contributed by atoms with Gasteiger partial charge in [-0.2, -0.15) is 0 Å². The molecule has 5 heteroatoms. The van der Waals surface area contributed by atoms with Gasteiger partial charge in [-0.1, -0.05) is 28.1 Å². The molecule has 1 rings (SSSR count). The van der Waals surface area contributed by atoms with Crippen LogP contribution in [0.15, 0.2) is 40.9 Å². The van der Waals surface area contributed by atoms with Crippen LogP contribution >= 0.6 is 15.9 Å². The van der Waals surface area contributed by atoms with E-state index in [0.717, 1.165) is 22.2 Å². The molecule has 2 N–H and O–H groups in total. The third kappa shape index (κ3) is 4.75. The zero-order chi connectivity index (χ0) is 12.0. The summed E-state index contributed by atoms with van der Waals surface area (Å²) in [6.45, 7) is 0.371. The highest BCUT2D eigenvalue weighted by Gasteiger charge is 1.97. The van der Waals surface area contributed by atoms with Crippen LogP contribution in [-0.2, 0) is 16.1 Å². The van der Waals surface area contributed by atoms with Gasteiger partial charge in [-0.3, -0.25) is 4.79 Å². The third-order valence-electron chi connectivity index (χ3n) is 1.76. The standard InChI is InChI=1S/C11H10BrNO3/c12-9-3-1-8(2-4-9)7-13-10(14)5-6-11(15)16/h1-6H,7H2,(H,13,14)(H,15,16)/b6-5+. The molecule has 1 amide bonds. The molecule has 0 saturated heterocycles. The van der Waals surface area contributed by atoms with Crippen LogP contribution in [0.25, 0.3) is 0 Å². The molecule has 4 nitrogen and oxygen atoms in total. The summed E-state index contributed by atoms with van der Waals surface area (Å²) in [6, 6.07) is 7.47. The Labute approximate surface area is 101 Å². The number of amides is 1. The Kier molecular flexibility index (Phi) is 4.72. The molecule has 1 aromatic rings. The number of halogens is 1. The van der Waals surface area contributed by atoms with Gasteiger partial charge in [-0.15, -0.1) is 0 Å². The minimum atomic E-state index is -1.14. The summed E-state index contributed by atoms with van der Waals surface area (Å²) in [4.78, 5) is 21.3. The van der Waals surface area contributed by atoms with Crippen molar-refractivity contribution < 1.29 is 14.7 Å². The van der Waals surface area contributed by atoms with Gasteiger partial charge in [0.15, 0.2) is 0 Å². The lowest BCUT2D eigenvalue weighted by Crippen LogP contribution is -2.20. The van der Waals surface area contributed by atoms with E-state index in [1.165, 1.54) is 0 Å².